The third-order valence-electron chi connectivity index (χ3n) is 3.39. The Hall–Kier alpha value is -1.11. The maximum atomic E-state index is 12.2. The molecule has 19 heavy (non-hydrogen) atoms. The van der Waals surface area contributed by atoms with E-state index in [0.717, 1.165) is 35.1 Å². The molecule has 0 aliphatic carbocycles. The van der Waals surface area contributed by atoms with Gasteiger partial charge in [-0.2, -0.15) is 0 Å². The van der Waals surface area contributed by atoms with Crippen LogP contribution < -0.4 is 5.32 Å². The molecule has 0 bridgehead atoms. The van der Waals surface area contributed by atoms with Crippen LogP contribution in [0.25, 0.3) is 0 Å². The fourth-order valence-electron chi connectivity index (χ4n) is 2.25. The molecule has 0 radical (unpaired) electrons. The third kappa shape index (κ3) is 3.68. The number of halogens is 1. The molecule has 0 aromatic heterocycles. The predicted molar refractivity (Wildman–Crippen MR) is 81.9 cm³/mol. The van der Waals surface area contributed by atoms with Crippen LogP contribution in [0.1, 0.15) is 30.1 Å². The molecule has 1 aromatic carbocycles. The van der Waals surface area contributed by atoms with Crippen LogP contribution in [0.15, 0.2) is 24.3 Å². The summed E-state index contributed by atoms with van der Waals surface area (Å²) in [6, 6.07) is 7.72. The Morgan fingerprint density at radius 1 is 1.26 bits per heavy atom. The molecule has 4 nitrogen and oxygen atoms in total. The average molecular weight is 372 g/mol. The number of nitrogens with one attached hydrogen (secondary N) is 1. The van der Waals surface area contributed by atoms with Crippen LogP contribution in [-0.4, -0.2) is 35.8 Å². The first-order chi connectivity index (χ1) is 9.08. The summed E-state index contributed by atoms with van der Waals surface area (Å²) in [5.41, 5.74) is 0.720. The van der Waals surface area contributed by atoms with E-state index >= 15 is 0 Å². The number of rotatable bonds is 2. The molecule has 2 amide bonds. The van der Waals surface area contributed by atoms with Gasteiger partial charge in [-0.3, -0.25) is 9.59 Å². The summed E-state index contributed by atoms with van der Waals surface area (Å²) in [7, 11) is 0. The minimum atomic E-state index is -0.0220. The molecule has 102 valence electrons. The number of piperidine rings is 1. The second kappa shape index (κ2) is 6.36. The number of hydrogen-bond acceptors (Lipinski definition) is 2. The SMILES string of the molecule is CC(=O)N1CCC(NC(=O)c2ccccc2I)CC1. The largest absolute Gasteiger partial charge is 0.349 e. The molecule has 2 rings (SSSR count). The van der Waals surface area contributed by atoms with E-state index in [-0.39, 0.29) is 17.9 Å². The second-order valence-corrected chi connectivity index (χ2v) is 5.90. The summed E-state index contributed by atoms with van der Waals surface area (Å²) in [5.74, 6) is 0.0914. The Morgan fingerprint density at radius 3 is 2.47 bits per heavy atom. The first kappa shape index (κ1) is 14.3. The van der Waals surface area contributed by atoms with Crippen LogP contribution in [0.2, 0.25) is 0 Å². The van der Waals surface area contributed by atoms with Gasteiger partial charge in [0.25, 0.3) is 5.91 Å². The van der Waals surface area contributed by atoms with Crippen molar-refractivity contribution in [2.45, 2.75) is 25.8 Å². The number of amides is 2. The second-order valence-electron chi connectivity index (χ2n) is 4.73. The zero-order chi connectivity index (χ0) is 13.8. The molecule has 1 aliphatic rings. The van der Waals surface area contributed by atoms with Crippen molar-refractivity contribution in [2.75, 3.05) is 13.1 Å². The molecule has 0 atom stereocenters. The molecule has 0 spiro atoms. The summed E-state index contributed by atoms with van der Waals surface area (Å²) in [6.07, 6.45) is 1.66. The van der Waals surface area contributed by atoms with Gasteiger partial charge in [0.1, 0.15) is 0 Å². The lowest BCUT2D eigenvalue weighted by molar-refractivity contribution is -0.129. The van der Waals surface area contributed by atoms with Gasteiger partial charge in [-0.1, -0.05) is 12.1 Å². The Labute approximate surface area is 126 Å². The van der Waals surface area contributed by atoms with Gasteiger partial charge in [0, 0.05) is 29.6 Å². The van der Waals surface area contributed by atoms with Gasteiger partial charge in [0.2, 0.25) is 5.91 Å². The van der Waals surface area contributed by atoms with Crippen LogP contribution in [0.3, 0.4) is 0 Å². The van der Waals surface area contributed by atoms with Gasteiger partial charge in [-0.15, -0.1) is 0 Å². The van der Waals surface area contributed by atoms with Crippen molar-refractivity contribution in [2.24, 2.45) is 0 Å². The van der Waals surface area contributed by atoms with Crippen LogP contribution in [0.5, 0.6) is 0 Å². The maximum Gasteiger partial charge on any atom is 0.252 e. The highest BCUT2D eigenvalue weighted by molar-refractivity contribution is 14.1. The van der Waals surface area contributed by atoms with E-state index in [2.05, 4.69) is 27.9 Å². The van der Waals surface area contributed by atoms with Crippen molar-refractivity contribution in [3.05, 3.63) is 33.4 Å². The lowest BCUT2D eigenvalue weighted by Crippen LogP contribution is -2.46. The minimum absolute atomic E-state index is 0.0220. The molecule has 5 heteroatoms. The highest BCUT2D eigenvalue weighted by Crippen LogP contribution is 2.14. The van der Waals surface area contributed by atoms with Gasteiger partial charge in [0.15, 0.2) is 0 Å². The molecule has 1 aliphatic heterocycles. The number of benzene rings is 1. The number of carbonyl (C=O) groups is 2. The molecule has 1 fully saturated rings. The van der Waals surface area contributed by atoms with Crippen molar-refractivity contribution in [3.63, 3.8) is 0 Å². The van der Waals surface area contributed by atoms with E-state index < -0.39 is 0 Å². The van der Waals surface area contributed by atoms with Crippen LogP contribution in [-0.2, 0) is 4.79 Å². The highest BCUT2D eigenvalue weighted by Gasteiger charge is 2.22. The van der Waals surface area contributed by atoms with Crippen molar-refractivity contribution < 1.29 is 9.59 Å². The van der Waals surface area contributed by atoms with Gasteiger partial charge in [0.05, 0.1) is 5.56 Å². The van der Waals surface area contributed by atoms with Gasteiger partial charge in [-0.05, 0) is 47.6 Å². The molecular formula is C14H17IN2O2. The average Bonchev–Trinajstić information content (AvgIpc) is 2.39. The van der Waals surface area contributed by atoms with Crippen molar-refractivity contribution >= 4 is 34.4 Å². The minimum Gasteiger partial charge on any atom is -0.349 e. The molecule has 0 saturated carbocycles. The van der Waals surface area contributed by atoms with E-state index in [4.69, 9.17) is 0 Å². The number of hydrogen-bond donors (Lipinski definition) is 1. The summed E-state index contributed by atoms with van der Waals surface area (Å²) in [4.78, 5) is 25.2. The number of likely N-dealkylation sites (tertiary alicyclic amines) is 1. The molecular weight excluding hydrogens is 355 g/mol. The van der Waals surface area contributed by atoms with Crippen LogP contribution in [0, 0.1) is 3.57 Å². The van der Waals surface area contributed by atoms with Crippen molar-refractivity contribution in [1.29, 1.82) is 0 Å². The highest BCUT2D eigenvalue weighted by atomic mass is 127. The molecule has 1 heterocycles. The summed E-state index contributed by atoms with van der Waals surface area (Å²) in [6.45, 7) is 3.05. The molecule has 1 saturated heterocycles. The normalized spacial score (nSPS) is 16.2. The lowest BCUT2D eigenvalue weighted by atomic mass is 10.0. The van der Waals surface area contributed by atoms with Gasteiger partial charge >= 0.3 is 0 Å². The van der Waals surface area contributed by atoms with Crippen LogP contribution in [0.4, 0.5) is 0 Å². The predicted octanol–water partition coefficient (Wildman–Crippen LogP) is 2.03. The van der Waals surface area contributed by atoms with Crippen LogP contribution >= 0.6 is 22.6 Å². The zero-order valence-corrected chi connectivity index (χ0v) is 13.0. The van der Waals surface area contributed by atoms with E-state index in [1.54, 1.807) is 6.92 Å². The lowest BCUT2D eigenvalue weighted by Gasteiger charge is -2.31. The standard InChI is InChI=1S/C14H17IN2O2/c1-10(18)17-8-6-11(7-9-17)16-14(19)12-4-2-3-5-13(12)15/h2-5,11H,6-9H2,1H3,(H,16,19). The van der Waals surface area contributed by atoms with Crippen molar-refractivity contribution in [3.8, 4) is 0 Å². The molecule has 1 aromatic rings. The van der Waals surface area contributed by atoms with E-state index in [0.29, 0.717) is 0 Å². The zero-order valence-electron chi connectivity index (χ0n) is 10.9. The summed E-state index contributed by atoms with van der Waals surface area (Å²) < 4.78 is 0.957. The molecule has 1 N–H and O–H groups in total. The summed E-state index contributed by atoms with van der Waals surface area (Å²) in [5, 5.41) is 3.05. The Balaban J connectivity index is 1.91. The fourth-order valence-corrected chi connectivity index (χ4v) is 2.88. The smallest absolute Gasteiger partial charge is 0.252 e. The maximum absolute atomic E-state index is 12.2. The topological polar surface area (TPSA) is 49.4 Å². The quantitative estimate of drug-likeness (QED) is 0.808. The Morgan fingerprint density at radius 2 is 1.89 bits per heavy atom. The Kier molecular flexibility index (Phi) is 4.79. The van der Waals surface area contributed by atoms with E-state index in [1.807, 2.05) is 29.2 Å². The number of carbonyl (C=O) groups excluding carboxylic acids is 2. The van der Waals surface area contributed by atoms with Gasteiger partial charge < -0.3 is 10.2 Å². The first-order valence-electron chi connectivity index (χ1n) is 6.39. The van der Waals surface area contributed by atoms with E-state index in [1.165, 1.54) is 0 Å². The third-order valence-corrected chi connectivity index (χ3v) is 4.33. The van der Waals surface area contributed by atoms with E-state index in [9.17, 15) is 9.59 Å². The summed E-state index contributed by atoms with van der Waals surface area (Å²) >= 11 is 2.17. The monoisotopic (exact) mass is 372 g/mol. The van der Waals surface area contributed by atoms with Crippen molar-refractivity contribution in [1.82, 2.24) is 10.2 Å². The van der Waals surface area contributed by atoms with Gasteiger partial charge in [-0.25, -0.2) is 0 Å². The fraction of sp³-hybridized carbons (Fsp3) is 0.429. The first-order valence-corrected chi connectivity index (χ1v) is 7.46. The Bertz CT molecular complexity index is 482. The molecule has 0 unspecified atom stereocenters. The number of nitrogens with zero attached hydrogens (tertiary/aromatic N) is 1.